The zero-order valence-electron chi connectivity index (χ0n) is 26.0. The molecule has 2 aromatic carbocycles. The summed E-state index contributed by atoms with van der Waals surface area (Å²) in [5.41, 5.74) is 5.58. The molecular weight excluding hydrogens is 586 g/mol. The normalized spacial score (nSPS) is 12.7. The second-order valence-electron chi connectivity index (χ2n) is 11.4. The summed E-state index contributed by atoms with van der Waals surface area (Å²) >= 11 is 0. The molecule has 4 aromatic rings. The molecule has 0 saturated heterocycles. The van der Waals surface area contributed by atoms with E-state index in [2.05, 4.69) is 68.0 Å². The number of rotatable bonds is 9. The molecule has 0 spiro atoms. The fourth-order valence-corrected chi connectivity index (χ4v) is 11.8. The van der Waals surface area contributed by atoms with E-state index < -0.39 is 30.2 Å². The third-order valence-electron chi connectivity index (χ3n) is 8.03. The van der Waals surface area contributed by atoms with Crippen LogP contribution in [-0.2, 0) is 15.5 Å². The quantitative estimate of drug-likeness (QED) is 0.0973. The monoisotopic (exact) mass is 623 g/mol. The van der Waals surface area contributed by atoms with E-state index in [0.717, 1.165) is 0 Å². The van der Waals surface area contributed by atoms with E-state index >= 15 is 4.39 Å². The molecule has 0 bridgehead atoms. The minimum atomic E-state index is -2.20. The minimum Gasteiger partial charge on any atom is -0.480 e. The maximum atomic E-state index is 15.8. The zero-order chi connectivity index (χ0) is 31.6. The van der Waals surface area contributed by atoms with Crippen LogP contribution in [0.3, 0.4) is 0 Å². The molecule has 1 N–H and O–H groups in total. The van der Waals surface area contributed by atoms with Gasteiger partial charge < -0.3 is 14.2 Å². The largest absolute Gasteiger partial charge is 0.480 e. The maximum absolute atomic E-state index is 15.8. The molecule has 0 aliphatic rings. The van der Waals surface area contributed by atoms with Crippen LogP contribution in [0.1, 0.15) is 47.1 Å². The highest BCUT2D eigenvalue weighted by atomic mass is 32.2. The summed E-state index contributed by atoms with van der Waals surface area (Å²) < 4.78 is 44.4. The molecule has 1 atom stereocenters. The Balaban J connectivity index is 2.14. The lowest BCUT2D eigenvalue weighted by molar-refractivity contribution is 0.0512. The molecule has 228 valence electrons. The van der Waals surface area contributed by atoms with Crippen molar-refractivity contribution in [3.05, 3.63) is 52.1 Å². The number of nitrogens with one attached hydrogen (secondary N) is 1. The van der Waals surface area contributed by atoms with Gasteiger partial charge in [0.2, 0.25) is 5.88 Å². The van der Waals surface area contributed by atoms with Gasteiger partial charge in [0.05, 0.1) is 34.7 Å². The molecule has 43 heavy (non-hydrogen) atoms. The summed E-state index contributed by atoms with van der Waals surface area (Å²) in [5, 5.41) is 1.38. The van der Waals surface area contributed by atoms with E-state index in [1.807, 2.05) is 0 Å². The Hall–Kier alpha value is -3.59. The minimum absolute atomic E-state index is 0.00116. The number of hydrogen-bond donors (Lipinski definition) is 1. The number of pyridine rings is 1. The fourth-order valence-electron chi connectivity index (χ4n) is 6.08. The summed E-state index contributed by atoms with van der Waals surface area (Å²) in [7, 11) is -0.821. The number of methoxy groups -OCH3 is 2. The molecule has 0 aliphatic heterocycles. The average molecular weight is 624 g/mol. The first kappa shape index (κ1) is 32.3. The number of aromatic amines is 1. The van der Waals surface area contributed by atoms with Crippen molar-refractivity contribution in [1.82, 2.24) is 15.0 Å². The van der Waals surface area contributed by atoms with Gasteiger partial charge in [-0.25, -0.2) is 14.4 Å². The van der Waals surface area contributed by atoms with Gasteiger partial charge in [-0.05, 0) is 46.3 Å². The van der Waals surface area contributed by atoms with Crippen molar-refractivity contribution in [3.63, 3.8) is 0 Å². The summed E-state index contributed by atoms with van der Waals surface area (Å²) in [6, 6.07) is 8.24. The lowest BCUT2D eigenvalue weighted by Crippen LogP contribution is -2.43. The first-order chi connectivity index (χ1) is 20.3. The summed E-state index contributed by atoms with van der Waals surface area (Å²) in [6.45, 7) is 13.3. The highest BCUT2D eigenvalue weighted by molar-refractivity contribution is 7.84. The summed E-state index contributed by atoms with van der Waals surface area (Å²) in [5.74, 6) is 3.37. The molecule has 0 amide bonds. The average Bonchev–Trinajstić information content (AvgIpc) is 2.95. The van der Waals surface area contributed by atoms with Gasteiger partial charge >= 0.3 is 0 Å². The molecular formula is C32H38FN3O5SSi. The Bertz CT molecular complexity index is 1810. The van der Waals surface area contributed by atoms with Crippen molar-refractivity contribution in [1.29, 1.82) is 0 Å². The van der Waals surface area contributed by atoms with Crippen LogP contribution in [0.15, 0.2) is 40.3 Å². The van der Waals surface area contributed by atoms with Gasteiger partial charge in [-0.1, -0.05) is 53.5 Å². The third kappa shape index (κ3) is 6.09. The second kappa shape index (κ2) is 13.0. The fraction of sp³-hybridized carbons (Fsp3) is 0.406. The van der Waals surface area contributed by atoms with E-state index in [1.54, 1.807) is 24.3 Å². The molecule has 0 saturated carbocycles. The Morgan fingerprint density at radius 1 is 1.00 bits per heavy atom. The van der Waals surface area contributed by atoms with Gasteiger partial charge in [0.25, 0.3) is 5.56 Å². The lowest BCUT2D eigenvalue weighted by atomic mass is 9.96. The molecule has 1 unspecified atom stereocenters. The second-order valence-corrected chi connectivity index (χ2v) is 18.3. The number of halogens is 1. The van der Waals surface area contributed by atoms with Gasteiger partial charge in [-0.3, -0.25) is 14.0 Å². The van der Waals surface area contributed by atoms with Crippen LogP contribution in [0.25, 0.3) is 32.9 Å². The molecule has 0 radical (unpaired) electrons. The standard InChI is InChI=1S/C32H38FN3O5SSi/c1-18(2)43(19(3)4,20(5)6)13-12-23-25(33)11-10-21-14-22(41-17-39-7)15-24(28(21)23)26-16-27-29(31(34-26)40-8)30(37)36-32(35-27)42(9)38/h10-11,14-16,18-20H,17H2,1-9H3,(H,35,36,37). The smallest absolute Gasteiger partial charge is 0.265 e. The van der Waals surface area contributed by atoms with Gasteiger partial charge in [0.1, 0.15) is 25.0 Å². The van der Waals surface area contributed by atoms with Crippen LogP contribution < -0.4 is 15.0 Å². The van der Waals surface area contributed by atoms with Gasteiger partial charge in [0.15, 0.2) is 11.9 Å². The van der Waals surface area contributed by atoms with E-state index in [0.29, 0.717) is 44.4 Å². The first-order valence-corrected chi connectivity index (χ1v) is 17.9. The van der Waals surface area contributed by atoms with Gasteiger partial charge in [-0.15, -0.1) is 5.54 Å². The van der Waals surface area contributed by atoms with Crippen molar-refractivity contribution in [2.75, 3.05) is 27.3 Å². The van der Waals surface area contributed by atoms with Gasteiger partial charge in [0, 0.05) is 24.3 Å². The number of nitrogens with zero attached hydrogens (tertiary/aromatic N) is 2. The van der Waals surface area contributed by atoms with Crippen molar-refractivity contribution < 1.29 is 22.8 Å². The first-order valence-electron chi connectivity index (χ1n) is 14.1. The van der Waals surface area contributed by atoms with E-state index in [1.165, 1.54) is 26.5 Å². The van der Waals surface area contributed by atoms with Crippen LogP contribution in [0.4, 0.5) is 4.39 Å². The van der Waals surface area contributed by atoms with E-state index in [4.69, 9.17) is 14.2 Å². The number of H-pyrrole nitrogens is 1. The third-order valence-corrected chi connectivity index (χ3v) is 15.1. The number of fused-ring (bicyclic) bond motifs is 2. The molecule has 0 aliphatic carbocycles. The van der Waals surface area contributed by atoms with Crippen LogP contribution in [-0.4, -0.2) is 54.5 Å². The number of aromatic nitrogens is 3. The molecule has 0 fully saturated rings. The summed E-state index contributed by atoms with van der Waals surface area (Å²) in [4.78, 5) is 24.5. The predicted molar refractivity (Wildman–Crippen MR) is 172 cm³/mol. The zero-order valence-corrected chi connectivity index (χ0v) is 27.9. The molecule has 8 nitrogen and oxygen atoms in total. The topological polar surface area (TPSA) is 103 Å². The highest BCUT2D eigenvalue weighted by Gasteiger charge is 2.41. The van der Waals surface area contributed by atoms with E-state index in [-0.39, 0.29) is 34.3 Å². The van der Waals surface area contributed by atoms with Gasteiger partial charge in [-0.2, -0.15) is 0 Å². The lowest BCUT2D eigenvalue weighted by Gasteiger charge is -2.38. The molecule has 2 heterocycles. The Morgan fingerprint density at radius 2 is 1.67 bits per heavy atom. The number of benzene rings is 2. The Kier molecular flexibility index (Phi) is 9.74. The van der Waals surface area contributed by atoms with E-state index in [9.17, 15) is 9.00 Å². The SMILES string of the molecule is COCOc1cc(-c2cc3nc(S(C)=O)[nH]c(=O)c3c(OC)n2)c2c(C#C[Si](C(C)C)(C(C)C)C(C)C)c(F)ccc2c1. The Labute approximate surface area is 254 Å². The molecule has 2 aromatic heterocycles. The van der Waals surface area contributed by atoms with Crippen LogP contribution in [0, 0.1) is 17.3 Å². The number of hydrogen-bond acceptors (Lipinski definition) is 7. The van der Waals surface area contributed by atoms with Crippen molar-refractivity contribution >= 4 is 40.5 Å². The molecule has 4 rings (SSSR count). The predicted octanol–water partition coefficient (Wildman–Crippen LogP) is 6.58. The van der Waals surface area contributed by atoms with Crippen LogP contribution in [0.5, 0.6) is 11.6 Å². The van der Waals surface area contributed by atoms with Crippen molar-refractivity contribution in [3.8, 4) is 34.4 Å². The molecule has 11 heteroatoms. The number of ether oxygens (including phenoxy) is 3. The van der Waals surface area contributed by atoms with Crippen LogP contribution in [0.2, 0.25) is 16.6 Å². The Morgan fingerprint density at radius 3 is 2.26 bits per heavy atom. The maximum Gasteiger partial charge on any atom is 0.265 e. The highest BCUT2D eigenvalue weighted by Crippen LogP contribution is 2.42. The van der Waals surface area contributed by atoms with Crippen LogP contribution >= 0.6 is 0 Å². The van der Waals surface area contributed by atoms with Crippen molar-refractivity contribution in [2.24, 2.45) is 0 Å². The summed E-state index contributed by atoms with van der Waals surface area (Å²) in [6.07, 6.45) is 1.43. The van der Waals surface area contributed by atoms with Crippen molar-refractivity contribution in [2.45, 2.75) is 63.3 Å².